The summed E-state index contributed by atoms with van der Waals surface area (Å²) in [6, 6.07) is 7.69. The fraction of sp³-hybridized carbons (Fsp3) is 0.292. The third-order valence-corrected chi connectivity index (χ3v) is 6.98. The number of ether oxygens (including phenoxy) is 1. The molecule has 0 aliphatic carbocycles. The zero-order valence-corrected chi connectivity index (χ0v) is 18.9. The number of hydrogen-bond acceptors (Lipinski definition) is 6. The number of fused-ring (bicyclic) bond motifs is 2. The van der Waals surface area contributed by atoms with E-state index < -0.39 is 28.4 Å². The molecule has 2 N–H and O–H groups in total. The summed E-state index contributed by atoms with van der Waals surface area (Å²) in [6.07, 6.45) is 8.29. The summed E-state index contributed by atoms with van der Waals surface area (Å²) in [6.45, 7) is 8.12. The molecule has 4 heterocycles. The Balaban J connectivity index is 1.92. The first-order valence-electron chi connectivity index (χ1n) is 10.5. The number of anilines is 1. The smallest absolute Gasteiger partial charge is 0.296 e. The summed E-state index contributed by atoms with van der Waals surface area (Å²) in [5.41, 5.74) is 0.636. The van der Waals surface area contributed by atoms with Crippen LogP contribution in [0.1, 0.15) is 25.1 Å². The molecule has 3 aliphatic rings. The van der Waals surface area contributed by atoms with Crippen molar-refractivity contribution in [2.45, 2.75) is 25.0 Å². The largest absolute Gasteiger partial charge is 0.491 e. The highest BCUT2D eigenvalue weighted by atomic mass is 16.7. The molecule has 1 fully saturated rings. The first kappa shape index (κ1) is 21.0. The number of rotatable bonds is 5. The van der Waals surface area contributed by atoms with E-state index in [2.05, 4.69) is 21.9 Å². The molecule has 0 radical (unpaired) electrons. The van der Waals surface area contributed by atoms with Crippen molar-refractivity contribution in [1.82, 2.24) is 20.2 Å². The Kier molecular flexibility index (Phi) is 4.35. The van der Waals surface area contributed by atoms with Gasteiger partial charge in [-0.2, -0.15) is 0 Å². The summed E-state index contributed by atoms with van der Waals surface area (Å²) in [7, 11) is 2.97. The van der Waals surface area contributed by atoms with Gasteiger partial charge in [0.25, 0.3) is 11.8 Å². The number of imidazole rings is 1. The van der Waals surface area contributed by atoms with Gasteiger partial charge in [0, 0.05) is 5.41 Å². The quantitative estimate of drug-likeness (QED) is 0.540. The van der Waals surface area contributed by atoms with Gasteiger partial charge in [0.2, 0.25) is 5.79 Å². The van der Waals surface area contributed by atoms with Gasteiger partial charge in [0.05, 0.1) is 43.5 Å². The summed E-state index contributed by atoms with van der Waals surface area (Å²) < 4.78 is 5.57. The molecule has 5 rings (SSSR count). The van der Waals surface area contributed by atoms with E-state index in [1.807, 2.05) is 44.2 Å². The molecule has 170 valence electrons. The van der Waals surface area contributed by atoms with Gasteiger partial charge in [0.1, 0.15) is 5.70 Å². The Hall–Kier alpha value is -3.85. The predicted molar refractivity (Wildman–Crippen MR) is 121 cm³/mol. The maximum atomic E-state index is 13.8. The van der Waals surface area contributed by atoms with Crippen LogP contribution in [0.15, 0.2) is 67.0 Å². The molecule has 2 amide bonds. The molecule has 3 aliphatic heterocycles. The van der Waals surface area contributed by atoms with E-state index in [-0.39, 0.29) is 11.5 Å². The minimum absolute atomic E-state index is 0.125. The van der Waals surface area contributed by atoms with Gasteiger partial charge >= 0.3 is 0 Å². The van der Waals surface area contributed by atoms with Crippen LogP contribution in [0.2, 0.25) is 0 Å². The number of carbonyl (C=O) groups excluding carboxylic acids is 2. The average Bonchev–Trinajstić information content (AvgIpc) is 3.48. The Morgan fingerprint density at radius 1 is 1.21 bits per heavy atom. The summed E-state index contributed by atoms with van der Waals surface area (Å²) >= 11 is 0. The lowest BCUT2D eigenvalue weighted by molar-refractivity contribution is -0.145. The van der Waals surface area contributed by atoms with Crippen molar-refractivity contribution in [3.8, 4) is 0 Å². The van der Waals surface area contributed by atoms with Gasteiger partial charge in [-0.3, -0.25) is 19.3 Å². The number of aromatic nitrogens is 2. The number of H-pyrrole nitrogens is 1. The monoisotopic (exact) mass is 447 g/mol. The van der Waals surface area contributed by atoms with E-state index in [4.69, 9.17) is 9.57 Å². The van der Waals surface area contributed by atoms with Crippen LogP contribution in [0.5, 0.6) is 0 Å². The molecular weight excluding hydrogens is 422 g/mol. The molecule has 9 nitrogen and oxygen atoms in total. The van der Waals surface area contributed by atoms with E-state index in [1.165, 1.54) is 25.4 Å². The molecule has 1 aromatic carbocycles. The lowest BCUT2D eigenvalue weighted by atomic mass is 9.57. The molecule has 0 unspecified atom stereocenters. The van der Waals surface area contributed by atoms with Crippen molar-refractivity contribution in [2.75, 3.05) is 19.3 Å². The van der Waals surface area contributed by atoms with Crippen LogP contribution in [0.25, 0.3) is 6.08 Å². The number of hydroxylamine groups is 1. The maximum absolute atomic E-state index is 13.8. The number of hydrogen-bond donors (Lipinski definition) is 2. The maximum Gasteiger partial charge on any atom is 0.296 e. The molecule has 33 heavy (non-hydrogen) atoms. The van der Waals surface area contributed by atoms with Crippen molar-refractivity contribution in [2.24, 2.45) is 5.41 Å². The Morgan fingerprint density at radius 3 is 2.61 bits per heavy atom. The molecule has 2 aromatic rings. The second kappa shape index (κ2) is 6.82. The SMILES string of the molecule is C=CC(C)(C)[C@@]12C=C(OC)C(=O)N3C(=Cc4cnc[nH]4)C(=O)N[C@]31N(OC)c1ccccc12. The van der Waals surface area contributed by atoms with Gasteiger partial charge < -0.3 is 15.0 Å². The fourth-order valence-electron chi connectivity index (χ4n) is 5.42. The van der Waals surface area contributed by atoms with Crippen LogP contribution >= 0.6 is 0 Å². The standard InChI is InChI=1S/C24H25N5O4/c1-6-22(2,3)23-12-19(32-4)21(31)28-18(11-15-13-25-14-26-15)20(30)27-24(23,28)29(33-5)17-10-8-7-9-16(17)23/h6-14H,1H2,2-5H3,(H,25,26)(H,27,30)/t23-,24-/m0/s1. The minimum Gasteiger partial charge on any atom is -0.491 e. The molecule has 2 atom stereocenters. The van der Waals surface area contributed by atoms with Gasteiger partial charge in [0.15, 0.2) is 5.76 Å². The lowest BCUT2D eigenvalue weighted by Crippen LogP contribution is -2.76. The number of carbonyl (C=O) groups is 2. The van der Waals surface area contributed by atoms with Gasteiger partial charge in [-0.25, -0.2) is 10.0 Å². The molecule has 9 heteroatoms. The van der Waals surface area contributed by atoms with E-state index >= 15 is 0 Å². The molecule has 1 spiro atoms. The van der Waals surface area contributed by atoms with Crippen molar-refractivity contribution in [1.29, 1.82) is 0 Å². The van der Waals surface area contributed by atoms with E-state index in [0.717, 1.165) is 11.3 Å². The first-order chi connectivity index (χ1) is 15.8. The summed E-state index contributed by atoms with van der Waals surface area (Å²) in [4.78, 5) is 41.6. The highest BCUT2D eigenvalue weighted by molar-refractivity contribution is 6.10. The summed E-state index contributed by atoms with van der Waals surface area (Å²) in [5.74, 6) is -2.21. The van der Waals surface area contributed by atoms with Crippen LogP contribution in [-0.4, -0.2) is 46.7 Å². The zero-order chi connectivity index (χ0) is 23.6. The number of nitrogens with one attached hydrogen (secondary N) is 2. The fourth-order valence-corrected chi connectivity index (χ4v) is 5.42. The average molecular weight is 447 g/mol. The van der Waals surface area contributed by atoms with Crippen molar-refractivity contribution >= 4 is 23.6 Å². The van der Waals surface area contributed by atoms with Crippen molar-refractivity contribution in [3.05, 3.63) is 78.2 Å². The zero-order valence-electron chi connectivity index (χ0n) is 18.9. The topological polar surface area (TPSA) is 99.8 Å². The number of benzene rings is 1. The third-order valence-electron chi connectivity index (χ3n) is 6.98. The van der Waals surface area contributed by atoms with E-state index in [1.54, 1.807) is 23.4 Å². The molecule has 0 bridgehead atoms. The van der Waals surface area contributed by atoms with Crippen molar-refractivity contribution < 1.29 is 19.2 Å². The van der Waals surface area contributed by atoms with Crippen LogP contribution in [0.3, 0.4) is 0 Å². The number of nitrogens with zero attached hydrogens (tertiary/aromatic N) is 3. The third kappa shape index (κ3) is 2.32. The molecular formula is C24H25N5O4. The Labute approximate surface area is 191 Å². The highest BCUT2D eigenvalue weighted by Crippen LogP contribution is 2.65. The van der Waals surface area contributed by atoms with Crippen LogP contribution in [0, 0.1) is 5.41 Å². The number of allylic oxidation sites excluding steroid dienone is 1. The number of methoxy groups -OCH3 is 1. The van der Waals surface area contributed by atoms with Gasteiger partial charge in [-0.15, -0.1) is 6.58 Å². The second-order valence-electron chi connectivity index (χ2n) is 8.74. The molecule has 0 saturated carbocycles. The van der Waals surface area contributed by atoms with E-state index in [9.17, 15) is 9.59 Å². The second-order valence-corrected chi connectivity index (χ2v) is 8.74. The van der Waals surface area contributed by atoms with Crippen LogP contribution in [0.4, 0.5) is 5.69 Å². The first-order valence-corrected chi connectivity index (χ1v) is 10.5. The van der Waals surface area contributed by atoms with Gasteiger partial charge in [-0.05, 0) is 23.8 Å². The predicted octanol–water partition coefficient (Wildman–Crippen LogP) is 2.44. The molecule has 1 saturated heterocycles. The number of aromatic amines is 1. The number of para-hydroxylation sites is 1. The minimum atomic E-state index is -1.44. The Bertz CT molecular complexity index is 1230. The van der Waals surface area contributed by atoms with Crippen LogP contribution < -0.4 is 10.4 Å². The lowest BCUT2D eigenvalue weighted by Gasteiger charge is -2.56. The van der Waals surface area contributed by atoms with Gasteiger partial charge in [-0.1, -0.05) is 38.1 Å². The number of amides is 2. The molecule has 1 aromatic heterocycles. The highest BCUT2D eigenvalue weighted by Gasteiger charge is 2.77. The Morgan fingerprint density at radius 2 is 1.97 bits per heavy atom. The van der Waals surface area contributed by atoms with Crippen LogP contribution in [-0.2, 0) is 24.6 Å². The van der Waals surface area contributed by atoms with E-state index in [0.29, 0.717) is 5.69 Å². The normalized spacial score (nSPS) is 27.2. The summed E-state index contributed by atoms with van der Waals surface area (Å²) in [5, 5.41) is 4.71. The van der Waals surface area contributed by atoms with Crippen molar-refractivity contribution in [3.63, 3.8) is 0 Å².